The van der Waals surface area contributed by atoms with Crippen LogP contribution in [0.25, 0.3) is 6.08 Å². The Hall–Kier alpha value is -1.03. The van der Waals surface area contributed by atoms with Crippen molar-refractivity contribution in [2.45, 2.75) is 90.1 Å². The summed E-state index contributed by atoms with van der Waals surface area (Å²) in [4.78, 5) is 0. The Bertz CT molecular complexity index is 715. The Morgan fingerprint density at radius 1 is 1.00 bits per heavy atom. The molecule has 31 heavy (non-hydrogen) atoms. The number of rotatable bonds is 6. The van der Waals surface area contributed by atoms with E-state index in [-0.39, 0.29) is 22.6 Å². The van der Waals surface area contributed by atoms with Crippen LogP contribution in [0.3, 0.4) is 0 Å². The molecule has 0 spiro atoms. The summed E-state index contributed by atoms with van der Waals surface area (Å²) >= 11 is 6.14. The third-order valence-electron chi connectivity index (χ3n) is 7.82. The quantitative estimate of drug-likeness (QED) is 0.372. The van der Waals surface area contributed by atoms with Crippen molar-refractivity contribution in [3.63, 3.8) is 0 Å². The fraction of sp³-hybridized carbons (Fsp3) is 0.692. The van der Waals surface area contributed by atoms with Crippen LogP contribution < -0.4 is 0 Å². The molecule has 0 amide bonds. The Morgan fingerprint density at radius 3 is 2.10 bits per heavy atom. The summed E-state index contributed by atoms with van der Waals surface area (Å²) in [5, 5.41) is 0.0529. The summed E-state index contributed by atoms with van der Waals surface area (Å²) in [6.07, 6.45) is 8.59. The topological polar surface area (TPSA) is 0 Å². The molecule has 3 rings (SSSR count). The van der Waals surface area contributed by atoms with E-state index in [0.29, 0.717) is 0 Å². The van der Waals surface area contributed by atoms with Gasteiger partial charge in [0.05, 0.1) is 5.02 Å². The van der Waals surface area contributed by atoms with E-state index in [4.69, 9.17) is 11.6 Å². The zero-order valence-electron chi connectivity index (χ0n) is 18.7. The Labute approximate surface area is 189 Å². The lowest BCUT2D eigenvalue weighted by Crippen LogP contribution is -2.27. The van der Waals surface area contributed by atoms with Crippen molar-refractivity contribution in [1.82, 2.24) is 0 Å². The monoisotopic (exact) mass is 458 g/mol. The minimum atomic E-state index is -4.49. The second-order valence-electron chi connectivity index (χ2n) is 9.83. The van der Waals surface area contributed by atoms with Crippen LogP contribution in [0.4, 0.5) is 17.6 Å². The summed E-state index contributed by atoms with van der Waals surface area (Å²) in [6, 6.07) is 3.04. The summed E-state index contributed by atoms with van der Waals surface area (Å²) in [6.45, 7) is 4.68. The fourth-order valence-corrected chi connectivity index (χ4v) is 6.26. The van der Waals surface area contributed by atoms with Crippen molar-refractivity contribution in [2.24, 2.45) is 23.7 Å². The zero-order valence-corrected chi connectivity index (χ0v) is 19.4. The maximum absolute atomic E-state index is 14.5. The maximum Gasteiger partial charge on any atom is 0.409 e. The molecule has 5 heteroatoms. The van der Waals surface area contributed by atoms with E-state index in [1.54, 1.807) is 6.07 Å². The second kappa shape index (κ2) is 10.7. The van der Waals surface area contributed by atoms with E-state index in [1.807, 2.05) is 0 Å². The third kappa shape index (κ3) is 6.73. The molecule has 174 valence electrons. The highest BCUT2D eigenvalue weighted by Crippen LogP contribution is 2.46. The van der Waals surface area contributed by atoms with Crippen molar-refractivity contribution in [1.29, 1.82) is 0 Å². The van der Waals surface area contributed by atoms with Gasteiger partial charge >= 0.3 is 6.18 Å². The van der Waals surface area contributed by atoms with Gasteiger partial charge in [0.2, 0.25) is 0 Å². The molecule has 0 aliphatic heterocycles. The molecule has 0 aromatic heterocycles. The molecule has 0 bridgehead atoms. The second-order valence-corrected chi connectivity index (χ2v) is 10.2. The molecule has 0 N–H and O–H groups in total. The lowest BCUT2D eigenvalue weighted by molar-refractivity contribution is -0.0790. The molecular formula is C26H35ClF4. The molecule has 1 atom stereocenters. The molecule has 1 aromatic rings. The van der Waals surface area contributed by atoms with Crippen molar-refractivity contribution < 1.29 is 17.6 Å². The fourth-order valence-electron chi connectivity index (χ4n) is 5.98. The molecule has 2 saturated carbocycles. The van der Waals surface area contributed by atoms with Crippen molar-refractivity contribution in [2.75, 3.05) is 0 Å². The Morgan fingerprint density at radius 2 is 1.58 bits per heavy atom. The minimum absolute atomic E-state index is 0.0277. The SMILES string of the molecule is CCCC(C)C1CCC(C2CCC(c3cc(F)c(/C=C/C(F)(F)F)c(Cl)c3)CC2)CC1. The van der Waals surface area contributed by atoms with E-state index in [1.165, 1.54) is 44.6 Å². The normalized spacial score (nSPS) is 28.7. The van der Waals surface area contributed by atoms with E-state index in [9.17, 15) is 17.6 Å². The largest absolute Gasteiger partial charge is 0.409 e. The van der Waals surface area contributed by atoms with Crippen molar-refractivity contribution >= 4 is 17.7 Å². The van der Waals surface area contributed by atoms with Crippen LogP contribution in [-0.2, 0) is 0 Å². The molecule has 0 heterocycles. The Balaban J connectivity index is 1.55. The van der Waals surface area contributed by atoms with Gasteiger partial charge in [0, 0.05) is 11.6 Å². The minimum Gasteiger partial charge on any atom is -0.206 e. The first-order chi connectivity index (χ1) is 14.7. The van der Waals surface area contributed by atoms with E-state index in [0.717, 1.165) is 61.0 Å². The van der Waals surface area contributed by atoms with Crippen LogP contribution >= 0.6 is 11.6 Å². The van der Waals surface area contributed by atoms with Gasteiger partial charge in [0.1, 0.15) is 5.82 Å². The van der Waals surface area contributed by atoms with Gasteiger partial charge in [-0.05, 0) is 105 Å². The standard InChI is InChI=1S/C26H35ClF4/c1-3-4-17(2)18-5-7-19(8-6-18)20-9-11-21(12-10-20)22-15-24(27)23(25(28)16-22)13-14-26(29,30)31/h13-21H,3-12H2,1-2H3/b14-13+. The van der Waals surface area contributed by atoms with Gasteiger partial charge in [-0.15, -0.1) is 0 Å². The van der Waals surface area contributed by atoms with E-state index < -0.39 is 12.0 Å². The lowest BCUT2D eigenvalue weighted by atomic mass is 9.66. The van der Waals surface area contributed by atoms with Gasteiger partial charge in [0.25, 0.3) is 0 Å². The van der Waals surface area contributed by atoms with Gasteiger partial charge in [-0.3, -0.25) is 0 Å². The highest BCUT2D eigenvalue weighted by Gasteiger charge is 2.33. The first-order valence-electron chi connectivity index (χ1n) is 11.9. The van der Waals surface area contributed by atoms with Crippen LogP contribution in [-0.4, -0.2) is 6.18 Å². The van der Waals surface area contributed by atoms with Gasteiger partial charge < -0.3 is 0 Å². The highest BCUT2D eigenvalue weighted by atomic mass is 35.5. The van der Waals surface area contributed by atoms with Gasteiger partial charge in [0.15, 0.2) is 0 Å². The van der Waals surface area contributed by atoms with E-state index >= 15 is 0 Å². The van der Waals surface area contributed by atoms with Crippen molar-refractivity contribution in [3.05, 3.63) is 40.2 Å². The average molecular weight is 459 g/mol. The smallest absolute Gasteiger partial charge is 0.206 e. The van der Waals surface area contributed by atoms with Crippen LogP contribution in [0.15, 0.2) is 18.2 Å². The van der Waals surface area contributed by atoms with Crippen LogP contribution in [0.1, 0.15) is 95.1 Å². The molecule has 0 saturated heterocycles. The van der Waals surface area contributed by atoms with Gasteiger partial charge in [-0.1, -0.05) is 38.3 Å². The summed E-state index contributed by atoms with van der Waals surface area (Å²) < 4.78 is 51.7. The molecule has 1 aromatic carbocycles. The van der Waals surface area contributed by atoms with Crippen LogP contribution in [0, 0.1) is 29.5 Å². The molecular weight excluding hydrogens is 424 g/mol. The number of hydrogen-bond donors (Lipinski definition) is 0. The summed E-state index contributed by atoms with van der Waals surface area (Å²) in [7, 11) is 0. The predicted octanol–water partition coefficient (Wildman–Crippen LogP) is 9.57. The molecule has 2 aliphatic rings. The maximum atomic E-state index is 14.5. The van der Waals surface area contributed by atoms with Crippen molar-refractivity contribution in [3.8, 4) is 0 Å². The summed E-state index contributed by atoms with van der Waals surface area (Å²) in [5.74, 6) is 2.88. The average Bonchev–Trinajstić information content (AvgIpc) is 2.72. The van der Waals surface area contributed by atoms with E-state index in [2.05, 4.69) is 13.8 Å². The molecule has 0 radical (unpaired) electrons. The van der Waals surface area contributed by atoms with Crippen LogP contribution in [0.5, 0.6) is 0 Å². The first-order valence-corrected chi connectivity index (χ1v) is 12.3. The Kier molecular flexibility index (Phi) is 8.51. The third-order valence-corrected chi connectivity index (χ3v) is 8.13. The number of benzene rings is 1. The lowest BCUT2D eigenvalue weighted by Gasteiger charge is -2.39. The number of alkyl halides is 3. The van der Waals surface area contributed by atoms with Gasteiger partial charge in [-0.25, -0.2) is 4.39 Å². The summed E-state index contributed by atoms with van der Waals surface area (Å²) in [5.41, 5.74) is 0.632. The zero-order chi connectivity index (χ0) is 22.6. The van der Waals surface area contributed by atoms with Crippen LogP contribution in [0.2, 0.25) is 5.02 Å². The molecule has 1 unspecified atom stereocenters. The molecule has 2 fully saturated rings. The number of hydrogen-bond acceptors (Lipinski definition) is 0. The highest BCUT2D eigenvalue weighted by molar-refractivity contribution is 6.32. The van der Waals surface area contributed by atoms with Gasteiger partial charge in [-0.2, -0.15) is 13.2 Å². The first kappa shape index (κ1) is 24.6. The predicted molar refractivity (Wildman–Crippen MR) is 121 cm³/mol. The number of halogens is 5. The molecule has 2 aliphatic carbocycles. The molecule has 0 nitrogen and oxygen atoms in total. The number of allylic oxidation sites excluding steroid dienone is 1.